The van der Waals surface area contributed by atoms with Crippen molar-refractivity contribution < 1.29 is 9.90 Å². The second kappa shape index (κ2) is 16.8. The SMILES string of the molecule is CCCCCCCCCCCCN(C(C)N)C(C(=O)O)C(C)N.[NaH]. The summed E-state index contributed by atoms with van der Waals surface area (Å²) >= 11 is 0. The summed E-state index contributed by atoms with van der Waals surface area (Å²) in [7, 11) is 0. The molecule has 0 heterocycles. The second-order valence-electron chi connectivity index (χ2n) is 6.80. The molecular weight excluding hydrogens is 313 g/mol. The van der Waals surface area contributed by atoms with E-state index in [-0.39, 0.29) is 35.7 Å². The fourth-order valence-electron chi connectivity index (χ4n) is 3.05. The van der Waals surface area contributed by atoms with Crippen LogP contribution in [0.15, 0.2) is 0 Å². The molecule has 24 heavy (non-hydrogen) atoms. The number of nitrogens with zero attached hydrogens (tertiary/aromatic N) is 1. The first-order chi connectivity index (χ1) is 10.9. The van der Waals surface area contributed by atoms with E-state index in [9.17, 15) is 9.90 Å². The van der Waals surface area contributed by atoms with Crippen LogP contribution >= 0.6 is 0 Å². The van der Waals surface area contributed by atoms with Crippen LogP contribution < -0.4 is 11.5 Å². The van der Waals surface area contributed by atoms with E-state index >= 15 is 0 Å². The van der Waals surface area contributed by atoms with E-state index in [1.165, 1.54) is 51.4 Å². The molecule has 5 nitrogen and oxygen atoms in total. The quantitative estimate of drug-likeness (QED) is 0.239. The molecule has 3 atom stereocenters. The Labute approximate surface area is 171 Å². The fraction of sp³-hybridized carbons (Fsp3) is 0.944. The van der Waals surface area contributed by atoms with Gasteiger partial charge in [-0.25, -0.2) is 0 Å². The van der Waals surface area contributed by atoms with Crippen LogP contribution in [0.4, 0.5) is 0 Å². The van der Waals surface area contributed by atoms with Crippen LogP contribution in [0.1, 0.15) is 85.0 Å². The molecular formula is C18H40N3NaO2. The minimum absolute atomic E-state index is 0. The molecule has 0 aliphatic heterocycles. The predicted octanol–water partition coefficient (Wildman–Crippen LogP) is 2.67. The number of carboxylic acids is 1. The first kappa shape index (κ1) is 26.6. The topological polar surface area (TPSA) is 92.6 Å². The summed E-state index contributed by atoms with van der Waals surface area (Å²) in [5.41, 5.74) is 11.8. The van der Waals surface area contributed by atoms with Crippen molar-refractivity contribution in [1.82, 2.24) is 4.90 Å². The third kappa shape index (κ3) is 12.7. The molecule has 0 amide bonds. The van der Waals surface area contributed by atoms with Gasteiger partial charge in [0.2, 0.25) is 0 Å². The zero-order valence-electron chi connectivity index (χ0n) is 15.5. The molecule has 0 aromatic carbocycles. The second-order valence-corrected chi connectivity index (χ2v) is 6.80. The average Bonchev–Trinajstić information content (AvgIpc) is 2.46. The third-order valence-corrected chi connectivity index (χ3v) is 4.40. The molecule has 0 fully saturated rings. The normalized spacial score (nSPS) is 14.9. The van der Waals surface area contributed by atoms with Gasteiger partial charge in [0.15, 0.2) is 0 Å². The maximum absolute atomic E-state index is 11.4. The van der Waals surface area contributed by atoms with Crippen molar-refractivity contribution in [1.29, 1.82) is 0 Å². The number of carbonyl (C=O) groups is 1. The third-order valence-electron chi connectivity index (χ3n) is 4.40. The molecule has 0 aromatic heterocycles. The van der Waals surface area contributed by atoms with Crippen molar-refractivity contribution in [3.63, 3.8) is 0 Å². The van der Waals surface area contributed by atoms with Crippen LogP contribution in [0.5, 0.6) is 0 Å². The molecule has 0 aromatic rings. The van der Waals surface area contributed by atoms with Crippen molar-refractivity contribution >= 4 is 35.5 Å². The zero-order valence-corrected chi connectivity index (χ0v) is 15.5. The Kier molecular flexibility index (Phi) is 18.6. The van der Waals surface area contributed by atoms with Crippen LogP contribution in [0, 0.1) is 0 Å². The van der Waals surface area contributed by atoms with E-state index in [1.54, 1.807) is 6.92 Å². The summed E-state index contributed by atoms with van der Waals surface area (Å²) in [5, 5.41) is 9.35. The van der Waals surface area contributed by atoms with E-state index in [0.29, 0.717) is 6.54 Å². The maximum atomic E-state index is 11.4. The van der Waals surface area contributed by atoms with Crippen LogP contribution in [0.3, 0.4) is 0 Å². The number of hydrogen-bond donors (Lipinski definition) is 3. The van der Waals surface area contributed by atoms with Gasteiger partial charge in [-0.05, 0) is 20.3 Å². The molecule has 0 radical (unpaired) electrons. The summed E-state index contributed by atoms with van der Waals surface area (Å²) in [4.78, 5) is 13.2. The number of hydrogen-bond acceptors (Lipinski definition) is 4. The van der Waals surface area contributed by atoms with Gasteiger partial charge in [0, 0.05) is 12.6 Å². The van der Waals surface area contributed by atoms with Gasteiger partial charge < -0.3 is 16.6 Å². The Morgan fingerprint density at radius 3 is 1.67 bits per heavy atom. The molecule has 0 aliphatic rings. The summed E-state index contributed by atoms with van der Waals surface area (Å²) in [5.74, 6) is -0.885. The van der Waals surface area contributed by atoms with Crippen LogP contribution in [-0.4, -0.2) is 70.3 Å². The van der Waals surface area contributed by atoms with E-state index in [4.69, 9.17) is 11.5 Å². The van der Waals surface area contributed by atoms with Gasteiger partial charge in [0.1, 0.15) is 6.04 Å². The number of carboxylic acid groups (broad SMARTS) is 1. The molecule has 5 N–H and O–H groups in total. The minimum atomic E-state index is -0.885. The van der Waals surface area contributed by atoms with Gasteiger partial charge >= 0.3 is 35.5 Å². The van der Waals surface area contributed by atoms with Gasteiger partial charge in [-0.2, -0.15) is 0 Å². The van der Waals surface area contributed by atoms with Crippen molar-refractivity contribution in [2.75, 3.05) is 6.54 Å². The molecule has 3 unspecified atom stereocenters. The summed E-state index contributed by atoms with van der Waals surface area (Å²) in [6.07, 6.45) is 12.4. The number of nitrogens with two attached hydrogens (primary N) is 2. The summed E-state index contributed by atoms with van der Waals surface area (Å²) < 4.78 is 0. The standard InChI is InChI=1S/C18H39N3O2.Na.H/c1-4-5-6-7-8-9-10-11-12-13-14-21(16(3)20)17(15(2)19)18(22)23;;/h15-17H,4-14,19-20H2,1-3H3,(H,22,23);;. The van der Waals surface area contributed by atoms with Gasteiger partial charge in [0.25, 0.3) is 0 Å². The summed E-state index contributed by atoms with van der Waals surface area (Å²) in [6, 6.07) is -1.13. The molecule has 6 heteroatoms. The Hall–Kier alpha value is 0.350. The Bertz CT molecular complexity index is 302. The van der Waals surface area contributed by atoms with Gasteiger partial charge in [-0.15, -0.1) is 0 Å². The van der Waals surface area contributed by atoms with E-state index in [2.05, 4.69) is 6.92 Å². The number of rotatable bonds is 15. The number of unbranched alkanes of at least 4 members (excludes halogenated alkanes) is 9. The Morgan fingerprint density at radius 2 is 1.33 bits per heavy atom. The molecule has 0 rings (SSSR count). The van der Waals surface area contributed by atoms with E-state index in [0.717, 1.165) is 12.8 Å². The van der Waals surface area contributed by atoms with Crippen molar-refractivity contribution in [2.45, 2.75) is 103 Å². The van der Waals surface area contributed by atoms with Crippen LogP contribution in [0.25, 0.3) is 0 Å². The van der Waals surface area contributed by atoms with E-state index in [1.807, 2.05) is 11.8 Å². The molecule has 0 aliphatic carbocycles. The molecule has 0 bridgehead atoms. The Morgan fingerprint density at radius 1 is 0.917 bits per heavy atom. The molecule has 140 valence electrons. The monoisotopic (exact) mass is 353 g/mol. The zero-order chi connectivity index (χ0) is 17.7. The van der Waals surface area contributed by atoms with Gasteiger partial charge in [-0.3, -0.25) is 9.69 Å². The van der Waals surface area contributed by atoms with Crippen LogP contribution in [0.2, 0.25) is 0 Å². The van der Waals surface area contributed by atoms with Crippen LogP contribution in [-0.2, 0) is 4.79 Å². The number of aliphatic carboxylic acids is 1. The van der Waals surface area contributed by atoms with Crippen molar-refractivity contribution in [3.05, 3.63) is 0 Å². The van der Waals surface area contributed by atoms with E-state index < -0.39 is 18.1 Å². The van der Waals surface area contributed by atoms with Gasteiger partial charge in [-0.1, -0.05) is 64.7 Å². The van der Waals surface area contributed by atoms with Gasteiger partial charge in [0.05, 0.1) is 6.17 Å². The first-order valence-electron chi connectivity index (χ1n) is 9.41. The fourth-order valence-corrected chi connectivity index (χ4v) is 3.05. The predicted molar refractivity (Wildman–Crippen MR) is 104 cm³/mol. The molecule has 0 spiro atoms. The average molecular weight is 354 g/mol. The first-order valence-corrected chi connectivity index (χ1v) is 9.41. The Balaban J connectivity index is 0. The van der Waals surface area contributed by atoms with Crippen molar-refractivity contribution in [2.24, 2.45) is 11.5 Å². The van der Waals surface area contributed by atoms with Crippen molar-refractivity contribution in [3.8, 4) is 0 Å². The molecule has 0 saturated carbocycles. The summed E-state index contributed by atoms with van der Waals surface area (Å²) in [6.45, 7) is 6.50. The molecule has 0 saturated heterocycles.